The van der Waals surface area contributed by atoms with Gasteiger partial charge in [0.25, 0.3) is 5.56 Å². The second-order valence-corrected chi connectivity index (χ2v) is 7.07. The van der Waals surface area contributed by atoms with Gasteiger partial charge in [0, 0.05) is 37.9 Å². The topological polar surface area (TPSA) is 58.9 Å². The van der Waals surface area contributed by atoms with Gasteiger partial charge in [-0.25, -0.2) is 9.37 Å². The molecule has 28 heavy (non-hydrogen) atoms. The molecule has 1 N–H and O–H groups in total. The zero-order valence-electron chi connectivity index (χ0n) is 15.8. The van der Waals surface area contributed by atoms with Gasteiger partial charge in [-0.1, -0.05) is 12.1 Å². The number of pyridine rings is 1. The number of hydrogen-bond acceptors (Lipinski definition) is 5. The zero-order valence-corrected chi connectivity index (χ0v) is 15.8. The molecule has 1 saturated heterocycles. The predicted molar refractivity (Wildman–Crippen MR) is 106 cm³/mol. The van der Waals surface area contributed by atoms with Gasteiger partial charge in [-0.3, -0.25) is 14.1 Å². The van der Waals surface area contributed by atoms with E-state index in [4.69, 9.17) is 4.74 Å². The molecule has 1 aromatic carbocycles. The summed E-state index contributed by atoms with van der Waals surface area (Å²) in [4.78, 5) is 19.0. The number of benzene rings is 1. The van der Waals surface area contributed by atoms with E-state index in [1.54, 1.807) is 18.3 Å². The minimum absolute atomic E-state index is 0.0907. The van der Waals surface area contributed by atoms with Crippen molar-refractivity contribution in [2.45, 2.75) is 25.4 Å². The second kappa shape index (κ2) is 7.98. The Bertz CT molecular complexity index is 1030. The van der Waals surface area contributed by atoms with Crippen molar-refractivity contribution in [3.8, 4) is 5.75 Å². The summed E-state index contributed by atoms with van der Waals surface area (Å²) in [6.45, 7) is 2.51. The summed E-state index contributed by atoms with van der Waals surface area (Å²) in [5, 5.41) is 3.39. The number of aromatic nitrogens is 2. The van der Waals surface area contributed by atoms with Crippen molar-refractivity contribution in [3.63, 3.8) is 0 Å². The molecule has 146 valence electrons. The van der Waals surface area contributed by atoms with Crippen molar-refractivity contribution in [1.29, 1.82) is 0 Å². The van der Waals surface area contributed by atoms with E-state index in [0.29, 0.717) is 18.0 Å². The standard InChI is InChI=1S/C21H23FN4O2/c1-28-18-6-5-15(12-17(18)22)14-25-10-7-16(8-11-25)23-19-13-21(27)26-9-3-2-4-20(26)24-19/h2-6,9,12-13,16,23H,7-8,10-11,14H2,1H3. The van der Waals surface area contributed by atoms with Gasteiger partial charge < -0.3 is 10.1 Å². The molecule has 0 atom stereocenters. The average molecular weight is 382 g/mol. The van der Waals surface area contributed by atoms with Crippen LogP contribution in [0.1, 0.15) is 18.4 Å². The zero-order chi connectivity index (χ0) is 19.5. The maximum atomic E-state index is 13.9. The molecule has 1 aliphatic rings. The summed E-state index contributed by atoms with van der Waals surface area (Å²) in [6, 6.07) is 12.4. The lowest BCUT2D eigenvalue weighted by atomic mass is 10.0. The van der Waals surface area contributed by atoms with Crippen molar-refractivity contribution in [2.24, 2.45) is 0 Å². The molecule has 0 radical (unpaired) electrons. The average Bonchev–Trinajstić information content (AvgIpc) is 2.70. The molecular weight excluding hydrogens is 359 g/mol. The SMILES string of the molecule is COc1ccc(CN2CCC(Nc3cc(=O)n4ccccc4n3)CC2)cc1F. The Balaban J connectivity index is 1.35. The highest BCUT2D eigenvalue weighted by atomic mass is 19.1. The smallest absolute Gasteiger partial charge is 0.259 e. The Morgan fingerprint density at radius 1 is 1.21 bits per heavy atom. The van der Waals surface area contributed by atoms with Gasteiger partial charge >= 0.3 is 0 Å². The van der Waals surface area contributed by atoms with E-state index >= 15 is 0 Å². The van der Waals surface area contributed by atoms with Crippen molar-refractivity contribution in [2.75, 3.05) is 25.5 Å². The van der Waals surface area contributed by atoms with Gasteiger partial charge in [0.05, 0.1) is 7.11 Å². The first-order valence-electron chi connectivity index (χ1n) is 9.42. The van der Waals surface area contributed by atoms with E-state index in [1.165, 1.54) is 17.6 Å². The molecule has 3 aromatic rings. The molecule has 0 spiro atoms. The van der Waals surface area contributed by atoms with E-state index < -0.39 is 0 Å². The lowest BCUT2D eigenvalue weighted by Gasteiger charge is -2.32. The van der Waals surface area contributed by atoms with Gasteiger partial charge in [-0.05, 0) is 42.7 Å². The summed E-state index contributed by atoms with van der Waals surface area (Å²) < 4.78 is 20.4. The molecule has 4 rings (SSSR count). The number of halogens is 1. The van der Waals surface area contributed by atoms with Crippen LogP contribution in [-0.2, 0) is 6.54 Å². The van der Waals surface area contributed by atoms with Gasteiger partial charge in [0.15, 0.2) is 11.6 Å². The van der Waals surface area contributed by atoms with Crippen LogP contribution >= 0.6 is 0 Å². The van der Waals surface area contributed by atoms with Crippen LogP contribution in [0.2, 0.25) is 0 Å². The Morgan fingerprint density at radius 2 is 2.04 bits per heavy atom. The van der Waals surface area contributed by atoms with Gasteiger partial charge in [-0.2, -0.15) is 0 Å². The number of fused-ring (bicyclic) bond motifs is 1. The predicted octanol–water partition coefficient (Wildman–Crippen LogP) is 2.92. The Hall–Kier alpha value is -2.93. The monoisotopic (exact) mass is 382 g/mol. The number of nitrogens with zero attached hydrogens (tertiary/aromatic N) is 3. The van der Waals surface area contributed by atoms with E-state index in [2.05, 4.69) is 15.2 Å². The first-order chi connectivity index (χ1) is 13.6. The molecule has 0 saturated carbocycles. The number of ether oxygens (including phenoxy) is 1. The van der Waals surface area contributed by atoms with Crippen LogP contribution in [0.3, 0.4) is 0 Å². The first-order valence-corrected chi connectivity index (χ1v) is 9.42. The maximum absolute atomic E-state index is 13.9. The fraction of sp³-hybridized carbons (Fsp3) is 0.333. The minimum Gasteiger partial charge on any atom is -0.494 e. The number of likely N-dealkylation sites (tertiary alicyclic amines) is 1. The number of methoxy groups -OCH3 is 1. The summed E-state index contributed by atoms with van der Waals surface area (Å²) in [7, 11) is 1.47. The van der Waals surface area contributed by atoms with Crippen LogP contribution in [0.25, 0.3) is 5.65 Å². The van der Waals surface area contributed by atoms with Crippen molar-refractivity contribution in [3.05, 3.63) is 70.4 Å². The van der Waals surface area contributed by atoms with Gasteiger partial charge in [0.1, 0.15) is 11.5 Å². The van der Waals surface area contributed by atoms with Crippen LogP contribution in [0, 0.1) is 5.82 Å². The van der Waals surface area contributed by atoms with Crippen LogP contribution in [0.5, 0.6) is 5.75 Å². The molecule has 1 fully saturated rings. The van der Waals surface area contributed by atoms with Crippen LogP contribution < -0.4 is 15.6 Å². The molecule has 7 heteroatoms. The second-order valence-electron chi connectivity index (χ2n) is 7.07. The van der Waals surface area contributed by atoms with E-state index in [0.717, 1.165) is 31.5 Å². The van der Waals surface area contributed by atoms with Crippen molar-refractivity contribution < 1.29 is 9.13 Å². The number of nitrogens with one attached hydrogen (secondary N) is 1. The van der Waals surface area contributed by atoms with Gasteiger partial charge in [0.2, 0.25) is 0 Å². The summed E-state index contributed by atoms with van der Waals surface area (Å²) in [5.41, 5.74) is 1.48. The summed E-state index contributed by atoms with van der Waals surface area (Å²) in [6.07, 6.45) is 3.60. The molecule has 0 bridgehead atoms. The fourth-order valence-corrected chi connectivity index (χ4v) is 3.64. The van der Waals surface area contributed by atoms with Crippen molar-refractivity contribution in [1.82, 2.24) is 14.3 Å². The first kappa shape index (κ1) is 18.4. The Morgan fingerprint density at radius 3 is 2.79 bits per heavy atom. The molecule has 0 aliphatic carbocycles. The van der Waals surface area contributed by atoms with E-state index in [-0.39, 0.29) is 23.2 Å². The van der Waals surface area contributed by atoms with E-state index in [9.17, 15) is 9.18 Å². The lowest BCUT2D eigenvalue weighted by Crippen LogP contribution is -2.39. The Kier molecular flexibility index (Phi) is 5.25. The highest BCUT2D eigenvalue weighted by Gasteiger charge is 2.20. The number of rotatable bonds is 5. The largest absolute Gasteiger partial charge is 0.494 e. The molecule has 0 unspecified atom stereocenters. The quantitative estimate of drug-likeness (QED) is 0.735. The molecule has 1 aliphatic heterocycles. The fourth-order valence-electron chi connectivity index (χ4n) is 3.64. The van der Waals surface area contributed by atoms with E-state index in [1.807, 2.05) is 24.3 Å². The number of hydrogen-bond donors (Lipinski definition) is 1. The highest BCUT2D eigenvalue weighted by Crippen LogP contribution is 2.21. The third-order valence-corrected chi connectivity index (χ3v) is 5.13. The normalized spacial score (nSPS) is 15.6. The van der Waals surface area contributed by atoms with Crippen molar-refractivity contribution >= 4 is 11.5 Å². The number of piperidine rings is 1. The molecule has 0 amide bonds. The maximum Gasteiger partial charge on any atom is 0.259 e. The third kappa shape index (κ3) is 3.99. The van der Waals surface area contributed by atoms with Crippen LogP contribution in [0.4, 0.5) is 10.2 Å². The summed E-state index contributed by atoms with van der Waals surface area (Å²) >= 11 is 0. The third-order valence-electron chi connectivity index (χ3n) is 5.13. The molecule has 6 nitrogen and oxygen atoms in total. The highest BCUT2D eigenvalue weighted by molar-refractivity contribution is 5.46. The summed E-state index contributed by atoms with van der Waals surface area (Å²) in [5.74, 6) is 0.558. The van der Waals surface area contributed by atoms with Crippen LogP contribution in [-0.4, -0.2) is 40.5 Å². The van der Waals surface area contributed by atoms with Crippen LogP contribution in [0.15, 0.2) is 53.5 Å². The van der Waals surface area contributed by atoms with Gasteiger partial charge in [-0.15, -0.1) is 0 Å². The molecule has 2 aromatic heterocycles. The Labute approximate surface area is 162 Å². The number of anilines is 1. The lowest BCUT2D eigenvalue weighted by molar-refractivity contribution is 0.211. The minimum atomic E-state index is -0.329. The molecular formula is C21H23FN4O2. The molecule has 3 heterocycles.